The van der Waals surface area contributed by atoms with Crippen LogP contribution in [0.2, 0.25) is 0 Å². The molecule has 5 rings (SSSR count). The molecule has 1 saturated heterocycles. The Labute approximate surface area is 193 Å². The van der Waals surface area contributed by atoms with Gasteiger partial charge in [0.1, 0.15) is 24.4 Å². The summed E-state index contributed by atoms with van der Waals surface area (Å²) in [4.78, 5) is 26.0. The molecule has 1 aliphatic heterocycles. The maximum absolute atomic E-state index is 12.9. The number of hydrogen-bond donors (Lipinski definition) is 0. The fraction of sp³-hybridized carbons (Fsp3) is 0.269. The van der Waals surface area contributed by atoms with Crippen LogP contribution in [0, 0.1) is 0 Å². The summed E-state index contributed by atoms with van der Waals surface area (Å²) in [6.07, 6.45) is 3.60. The number of benzene rings is 2. The van der Waals surface area contributed by atoms with Gasteiger partial charge in [0.05, 0.1) is 12.3 Å². The Morgan fingerprint density at radius 1 is 0.970 bits per heavy atom. The zero-order chi connectivity index (χ0) is 22.6. The fourth-order valence-corrected chi connectivity index (χ4v) is 4.28. The SMILES string of the molecule is CCOc1ccc(-c2cc(N3CCN(C(=O)Cn4ccc5ccccc54)CC3)ncn2)cc1. The van der Waals surface area contributed by atoms with Gasteiger partial charge < -0.3 is 19.1 Å². The van der Waals surface area contributed by atoms with Crippen LogP contribution in [0.5, 0.6) is 5.75 Å². The molecule has 0 saturated carbocycles. The Kier molecular flexibility index (Phi) is 5.93. The predicted molar refractivity (Wildman–Crippen MR) is 129 cm³/mol. The molecule has 2 aromatic heterocycles. The Morgan fingerprint density at radius 2 is 1.76 bits per heavy atom. The Morgan fingerprint density at radius 3 is 2.55 bits per heavy atom. The highest BCUT2D eigenvalue weighted by Gasteiger charge is 2.22. The van der Waals surface area contributed by atoms with Gasteiger partial charge in [-0.25, -0.2) is 9.97 Å². The summed E-state index contributed by atoms with van der Waals surface area (Å²) < 4.78 is 7.55. The summed E-state index contributed by atoms with van der Waals surface area (Å²) in [5.74, 6) is 1.88. The molecule has 168 valence electrons. The number of nitrogens with zero attached hydrogens (tertiary/aromatic N) is 5. The average molecular weight is 442 g/mol. The first-order chi connectivity index (χ1) is 16.2. The molecule has 1 amide bonds. The molecule has 0 unspecified atom stereocenters. The Hall–Kier alpha value is -3.87. The van der Waals surface area contributed by atoms with Gasteiger partial charge in [-0.3, -0.25) is 4.79 Å². The second-order valence-electron chi connectivity index (χ2n) is 8.09. The van der Waals surface area contributed by atoms with Crippen molar-refractivity contribution in [2.24, 2.45) is 0 Å². The highest BCUT2D eigenvalue weighted by molar-refractivity contribution is 5.83. The van der Waals surface area contributed by atoms with Gasteiger partial charge in [0.25, 0.3) is 0 Å². The van der Waals surface area contributed by atoms with Crippen molar-refractivity contribution >= 4 is 22.6 Å². The molecule has 0 bridgehead atoms. The van der Waals surface area contributed by atoms with Crippen LogP contribution in [0.3, 0.4) is 0 Å². The Balaban J connectivity index is 1.22. The van der Waals surface area contributed by atoms with E-state index >= 15 is 0 Å². The van der Waals surface area contributed by atoms with Crippen molar-refractivity contribution in [2.45, 2.75) is 13.5 Å². The quantitative estimate of drug-likeness (QED) is 0.455. The maximum Gasteiger partial charge on any atom is 0.242 e. The number of fused-ring (bicyclic) bond motifs is 1. The van der Waals surface area contributed by atoms with Crippen LogP contribution < -0.4 is 9.64 Å². The molecule has 0 aliphatic carbocycles. The van der Waals surface area contributed by atoms with Crippen molar-refractivity contribution in [3.63, 3.8) is 0 Å². The van der Waals surface area contributed by atoms with E-state index in [1.807, 2.05) is 65.1 Å². The van der Waals surface area contributed by atoms with Crippen LogP contribution >= 0.6 is 0 Å². The number of anilines is 1. The fourth-order valence-electron chi connectivity index (χ4n) is 4.28. The lowest BCUT2D eigenvalue weighted by atomic mass is 10.1. The predicted octanol–water partition coefficient (Wildman–Crippen LogP) is 3.85. The molecule has 4 aromatic rings. The molecule has 0 radical (unpaired) electrons. The lowest BCUT2D eigenvalue weighted by Gasteiger charge is -2.35. The molecular weight excluding hydrogens is 414 g/mol. The van der Waals surface area contributed by atoms with E-state index in [0.717, 1.165) is 46.8 Å². The molecule has 0 N–H and O–H groups in total. The average Bonchev–Trinajstić information content (AvgIpc) is 3.28. The third-order valence-electron chi connectivity index (χ3n) is 6.06. The second kappa shape index (κ2) is 9.32. The van der Waals surface area contributed by atoms with Gasteiger partial charge in [0, 0.05) is 49.5 Å². The summed E-state index contributed by atoms with van der Waals surface area (Å²) in [5, 5.41) is 1.15. The number of rotatable bonds is 6. The van der Waals surface area contributed by atoms with E-state index < -0.39 is 0 Å². The largest absolute Gasteiger partial charge is 0.494 e. The van der Waals surface area contributed by atoms with Gasteiger partial charge in [-0.05, 0) is 48.7 Å². The normalized spacial score (nSPS) is 14.0. The highest BCUT2D eigenvalue weighted by atomic mass is 16.5. The zero-order valence-corrected chi connectivity index (χ0v) is 18.7. The van der Waals surface area contributed by atoms with Crippen LogP contribution in [-0.2, 0) is 11.3 Å². The standard InChI is InChI=1S/C26H27N5O2/c1-2-33-22-9-7-20(8-10-22)23-17-25(28-19-27-23)29-13-15-30(16-14-29)26(32)18-31-12-11-21-5-3-4-6-24(21)31/h3-12,17,19H,2,13-16,18H2,1H3. The van der Waals surface area contributed by atoms with Crippen molar-refractivity contribution < 1.29 is 9.53 Å². The second-order valence-corrected chi connectivity index (χ2v) is 8.09. The number of para-hydroxylation sites is 1. The smallest absolute Gasteiger partial charge is 0.242 e. The van der Waals surface area contributed by atoms with Crippen LogP contribution in [0.15, 0.2) is 73.2 Å². The van der Waals surface area contributed by atoms with E-state index in [4.69, 9.17) is 4.74 Å². The maximum atomic E-state index is 12.9. The minimum Gasteiger partial charge on any atom is -0.494 e. The number of carbonyl (C=O) groups excluding carboxylic acids is 1. The number of piperazine rings is 1. The van der Waals surface area contributed by atoms with E-state index in [0.29, 0.717) is 26.2 Å². The molecule has 7 nitrogen and oxygen atoms in total. The number of carbonyl (C=O) groups is 1. The van der Waals surface area contributed by atoms with E-state index in [2.05, 4.69) is 33.1 Å². The van der Waals surface area contributed by atoms with Crippen molar-refractivity contribution in [2.75, 3.05) is 37.7 Å². The molecule has 0 atom stereocenters. The van der Waals surface area contributed by atoms with Crippen molar-refractivity contribution in [3.05, 3.63) is 73.2 Å². The first-order valence-electron chi connectivity index (χ1n) is 11.3. The number of ether oxygens (including phenoxy) is 1. The first kappa shape index (κ1) is 21.0. The van der Waals surface area contributed by atoms with E-state index in [-0.39, 0.29) is 5.91 Å². The summed E-state index contributed by atoms with van der Waals surface area (Å²) in [7, 11) is 0. The van der Waals surface area contributed by atoms with Gasteiger partial charge >= 0.3 is 0 Å². The lowest BCUT2D eigenvalue weighted by molar-refractivity contribution is -0.132. The van der Waals surface area contributed by atoms with Gasteiger partial charge in [0.2, 0.25) is 5.91 Å². The summed E-state index contributed by atoms with van der Waals surface area (Å²) in [6.45, 7) is 5.84. The van der Waals surface area contributed by atoms with E-state index in [9.17, 15) is 4.79 Å². The van der Waals surface area contributed by atoms with E-state index in [1.54, 1.807) is 6.33 Å². The monoisotopic (exact) mass is 441 g/mol. The topological polar surface area (TPSA) is 63.5 Å². The minimum absolute atomic E-state index is 0.147. The molecule has 0 spiro atoms. The lowest BCUT2D eigenvalue weighted by Crippen LogP contribution is -2.49. The number of amides is 1. The van der Waals surface area contributed by atoms with Gasteiger partial charge in [-0.2, -0.15) is 0 Å². The van der Waals surface area contributed by atoms with Crippen molar-refractivity contribution in [3.8, 4) is 17.0 Å². The third-order valence-corrected chi connectivity index (χ3v) is 6.06. The van der Waals surface area contributed by atoms with Crippen LogP contribution in [0.4, 0.5) is 5.82 Å². The third kappa shape index (κ3) is 4.53. The number of aromatic nitrogens is 3. The molecule has 33 heavy (non-hydrogen) atoms. The van der Waals surface area contributed by atoms with Gasteiger partial charge in [-0.1, -0.05) is 18.2 Å². The zero-order valence-electron chi connectivity index (χ0n) is 18.7. The molecule has 2 aromatic carbocycles. The first-order valence-corrected chi connectivity index (χ1v) is 11.3. The van der Waals surface area contributed by atoms with Crippen LogP contribution in [0.1, 0.15) is 6.92 Å². The van der Waals surface area contributed by atoms with Crippen LogP contribution in [-0.4, -0.2) is 58.1 Å². The number of hydrogen-bond acceptors (Lipinski definition) is 5. The van der Waals surface area contributed by atoms with Gasteiger partial charge in [-0.15, -0.1) is 0 Å². The van der Waals surface area contributed by atoms with Gasteiger partial charge in [0.15, 0.2) is 0 Å². The Bertz CT molecular complexity index is 1240. The summed E-state index contributed by atoms with van der Waals surface area (Å²) in [5.41, 5.74) is 2.99. The molecular formula is C26H27N5O2. The molecule has 3 heterocycles. The summed E-state index contributed by atoms with van der Waals surface area (Å²) >= 11 is 0. The van der Waals surface area contributed by atoms with Crippen LogP contribution in [0.25, 0.3) is 22.2 Å². The summed E-state index contributed by atoms with van der Waals surface area (Å²) in [6, 6.07) is 20.1. The highest BCUT2D eigenvalue weighted by Crippen LogP contribution is 2.24. The molecule has 1 fully saturated rings. The van der Waals surface area contributed by atoms with Crippen molar-refractivity contribution in [1.82, 2.24) is 19.4 Å². The molecule has 7 heteroatoms. The van der Waals surface area contributed by atoms with Crippen molar-refractivity contribution in [1.29, 1.82) is 0 Å². The minimum atomic E-state index is 0.147. The van der Waals surface area contributed by atoms with E-state index in [1.165, 1.54) is 0 Å². The molecule has 1 aliphatic rings.